The zero-order valence-corrected chi connectivity index (χ0v) is 15.9. The number of unbranched alkanes of at least 4 members (excludes halogenated alkanes) is 5. The van der Waals surface area contributed by atoms with Crippen LogP contribution in [0.3, 0.4) is 0 Å². The van der Waals surface area contributed by atoms with E-state index in [4.69, 9.17) is 15.5 Å². The Balaban J connectivity index is 2.27. The molecule has 0 atom stereocenters. The van der Waals surface area contributed by atoms with E-state index in [1.54, 1.807) is 0 Å². The number of anilines is 1. The van der Waals surface area contributed by atoms with Crippen molar-refractivity contribution in [2.45, 2.75) is 78.1 Å². The van der Waals surface area contributed by atoms with Crippen LogP contribution < -0.4 is 5.73 Å². The fraction of sp³-hybridized carbons (Fsp3) is 0.700. The van der Waals surface area contributed by atoms with Crippen LogP contribution in [0.5, 0.6) is 5.75 Å². The molecule has 4 nitrogen and oxygen atoms in total. The Bertz CT molecular complexity index is 481. The van der Waals surface area contributed by atoms with Gasteiger partial charge in [0.1, 0.15) is 5.75 Å². The largest absolute Gasteiger partial charge is 0.505 e. The van der Waals surface area contributed by atoms with E-state index in [0.29, 0.717) is 25.3 Å². The molecule has 0 aliphatic rings. The zero-order chi connectivity index (χ0) is 18.0. The molecule has 0 saturated heterocycles. The molecule has 0 bridgehead atoms. The number of phenolic OH excluding ortho intramolecular Hbond substituents is 1. The topological polar surface area (TPSA) is 64.7 Å². The Labute approximate surface area is 147 Å². The molecule has 3 N–H and O–H groups in total. The highest BCUT2D eigenvalue weighted by Crippen LogP contribution is 2.35. The number of benzene rings is 1. The second-order valence-corrected chi connectivity index (χ2v) is 7.49. The second kappa shape index (κ2) is 10.6. The molecule has 1 aromatic rings. The second-order valence-electron chi connectivity index (χ2n) is 7.49. The first-order valence-corrected chi connectivity index (χ1v) is 9.22. The minimum Gasteiger partial charge on any atom is -0.505 e. The van der Waals surface area contributed by atoms with Gasteiger partial charge in [-0.1, -0.05) is 65.9 Å². The van der Waals surface area contributed by atoms with E-state index in [0.717, 1.165) is 17.5 Å². The van der Waals surface area contributed by atoms with Crippen LogP contribution in [0.2, 0.25) is 0 Å². The summed E-state index contributed by atoms with van der Waals surface area (Å²) < 4.78 is 0. The lowest BCUT2D eigenvalue weighted by Gasteiger charge is -2.22. The summed E-state index contributed by atoms with van der Waals surface area (Å²) in [5.41, 5.74) is 8.11. The van der Waals surface area contributed by atoms with Crippen molar-refractivity contribution in [3.63, 3.8) is 0 Å². The van der Waals surface area contributed by atoms with E-state index >= 15 is 0 Å². The van der Waals surface area contributed by atoms with Gasteiger partial charge in [0, 0.05) is 5.56 Å². The van der Waals surface area contributed by atoms with Crippen molar-refractivity contribution < 1.29 is 14.9 Å². The summed E-state index contributed by atoms with van der Waals surface area (Å²) in [6.07, 6.45) is 8.15. The van der Waals surface area contributed by atoms with Crippen molar-refractivity contribution in [2.75, 3.05) is 18.9 Å². The lowest BCUT2D eigenvalue weighted by molar-refractivity contribution is -0.294. The summed E-state index contributed by atoms with van der Waals surface area (Å²) >= 11 is 0. The highest BCUT2D eigenvalue weighted by atomic mass is 17.2. The van der Waals surface area contributed by atoms with Gasteiger partial charge >= 0.3 is 0 Å². The van der Waals surface area contributed by atoms with Crippen LogP contribution in [-0.4, -0.2) is 18.3 Å². The van der Waals surface area contributed by atoms with Gasteiger partial charge in [0.2, 0.25) is 0 Å². The number of nitrogens with two attached hydrogens (primary N) is 1. The fourth-order valence-electron chi connectivity index (χ4n) is 2.65. The Hall–Kier alpha value is -1.26. The van der Waals surface area contributed by atoms with E-state index in [1.807, 2.05) is 12.1 Å². The molecule has 0 aromatic heterocycles. The Morgan fingerprint density at radius 1 is 0.958 bits per heavy atom. The molecule has 0 amide bonds. The molecule has 24 heavy (non-hydrogen) atoms. The SMILES string of the molecule is CCCCCCCCOOCCc1cc(N)c(O)c(C(C)(C)C)c1. The van der Waals surface area contributed by atoms with Gasteiger partial charge < -0.3 is 10.8 Å². The van der Waals surface area contributed by atoms with Crippen molar-refractivity contribution in [2.24, 2.45) is 0 Å². The summed E-state index contributed by atoms with van der Waals surface area (Å²) in [6, 6.07) is 3.81. The van der Waals surface area contributed by atoms with Crippen molar-refractivity contribution >= 4 is 5.69 Å². The number of rotatable bonds is 11. The average molecular weight is 338 g/mol. The molecule has 1 aromatic carbocycles. The predicted octanol–water partition coefficient (Wildman–Crippen LogP) is 5.12. The maximum atomic E-state index is 10.1. The minimum atomic E-state index is -0.149. The van der Waals surface area contributed by atoms with Crippen LogP contribution in [0.4, 0.5) is 5.69 Å². The van der Waals surface area contributed by atoms with Gasteiger partial charge in [0.05, 0.1) is 18.9 Å². The van der Waals surface area contributed by atoms with Crippen LogP contribution >= 0.6 is 0 Å². The molecule has 0 unspecified atom stereocenters. The zero-order valence-electron chi connectivity index (χ0n) is 15.9. The Kier molecular flexibility index (Phi) is 9.16. The molecular weight excluding hydrogens is 302 g/mol. The van der Waals surface area contributed by atoms with Crippen molar-refractivity contribution in [3.8, 4) is 5.75 Å². The van der Waals surface area contributed by atoms with E-state index < -0.39 is 0 Å². The summed E-state index contributed by atoms with van der Waals surface area (Å²) in [5.74, 6) is 0.187. The third kappa shape index (κ3) is 7.54. The van der Waals surface area contributed by atoms with Crippen LogP contribution in [0, 0.1) is 0 Å². The minimum absolute atomic E-state index is 0.149. The van der Waals surface area contributed by atoms with Crippen LogP contribution in [0.25, 0.3) is 0 Å². The molecule has 0 heterocycles. The quantitative estimate of drug-likeness (QED) is 0.193. The number of nitrogen functional groups attached to an aromatic ring is 1. The lowest BCUT2D eigenvalue weighted by Crippen LogP contribution is -2.13. The molecule has 0 radical (unpaired) electrons. The predicted molar refractivity (Wildman–Crippen MR) is 100 cm³/mol. The van der Waals surface area contributed by atoms with E-state index in [9.17, 15) is 5.11 Å². The third-order valence-electron chi connectivity index (χ3n) is 4.15. The van der Waals surface area contributed by atoms with Gasteiger partial charge in [-0.2, -0.15) is 0 Å². The fourth-order valence-corrected chi connectivity index (χ4v) is 2.65. The monoisotopic (exact) mass is 337 g/mol. The molecule has 0 saturated carbocycles. The molecule has 0 fully saturated rings. The lowest BCUT2D eigenvalue weighted by atomic mass is 9.84. The van der Waals surface area contributed by atoms with E-state index in [2.05, 4.69) is 27.7 Å². The van der Waals surface area contributed by atoms with Crippen molar-refractivity contribution in [1.29, 1.82) is 0 Å². The van der Waals surface area contributed by atoms with Crippen LogP contribution in [0.15, 0.2) is 12.1 Å². The first-order valence-electron chi connectivity index (χ1n) is 9.22. The average Bonchev–Trinajstić information content (AvgIpc) is 2.51. The summed E-state index contributed by atoms with van der Waals surface area (Å²) in [7, 11) is 0. The van der Waals surface area contributed by atoms with E-state index in [-0.39, 0.29) is 11.2 Å². The highest BCUT2D eigenvalue weighted by Gasteiger charge is 2.20. The number of hydrogen-bond acceptors (Lipinski definition) is 4. The maximum absolute atomic E-state index is 10.1. The van der Waals surface area contributed by atoms with Crippen molar-refractivity contribution in [3.05, 3.63) is 23.3 Å². The molecular formula is C20H35NO3. The van der Waals surface area contributed by atoms with Gasteiger partial charge in [0.15, 0.2) is 0 Å². The summed E-state index contributed by atoms with van der Waals surface area (Å²) in [4.78, 5) is 10.5. The first-order chi connectivity index (χ1) is 11.4. The van der Waals surface area contributed by atoms with Crippen molar-refractivity contribution in [1.82, 2.24) is 0 Å². The molecule has 138 valence electrons. The van der Waals surface area contributed by atoms with Gasteiger partial charge in [-0.3, -0.25) is 0 Å². The smallest absolute Gasteiger partial charge is 0.142 e. The van der Waals surface area contributed by atoms with Crippen LogP contribution in [0.1, 0.15) is 77.3 Å². The number of aromatic hydroxyl groups is 1. The highest BCUT2D eigenvalue weighted by molar-refractivity contribution is 5.59. The third-order valence-corrected chi connectivity index (χ3v) is 4.15. The molecule has 0 aliphatic carbocycles. The first kappa shape index (κ1) is 20.8. The Morgan fingerprint density at radius 2 is 1.58 bits per heavy atom. The number of hydrogen-bond donors (Lipinski definition) is 2. The number of phenols is 1. The molecule has 0 aliphatic heterocycles. The molecule has 0 spiro atoms. The normalized spacial score (nSPS) is 11.8. The van der Waals surface area contributed by atoms with Gasteiger partial charge in [0.25, 0.3) is 0 Å². The molecule has 4 heteroatoms. The summed E-state index contributed by atoms with van der Waals surface area (Å²) in [5, 5.41) is 10.1. The van der Waals surface area contributed by atoms with Crippen LogP contribution in [-0.2, 0) is 21.6 Å². The maximum Gasteiger partial charge on any atom is 0.142 e. The van der Waals surface area contributed by atoms with E-state index in [1.165, 1.54) is 32.1 Å². The van der Waals surface area contributed by atoms with Gasteiger partial charge in [-0.05, 0) is 29.9 Å². The summed E-state index contributed by atoms with van der Waals surface area (Å²) in [6.45, 7) is 9.55. The Morgan fingerprint density at radius 3 is 2.25 bits per heavy atom. The van der Waals surface area contributed by atoms with Gasteiger partial charge in [-0.25, -0.2) is 9.78 Å². The van der Waals surface area contributed by atoms with Gasteiger partial charge in [-0.15, -0.1) is 0 Å². The molecule has 1 rings (SSSR count). The standard InChI is InChI=1S/C20H35NO3/c1-5-6-7-8-9-10-12-23-24-13-11-16-14-17(20(2,3)4)19(22)18(21)15-16/h14-15,22H,5-13,21H2,1-4H3.